The molecule has 24 heavy (non-hydrogen) atoms. The molecular formula is C19H15NO4. The second-order valence-corrected chi connectivity index (χ2v) is 5.30. The van der Waals surface area contributed by atoms with Crippen molar-refractivity contribution in [2.24, 2.45) is 4.99 Å². The molecule has 3 rings (SSSR count). The van der Waals surface area contributed by atoms with Crippen molar-refractivity contribution >= 4 is 28.9 Å². The molecule has 0 N–H and O–H groups in total. The summed E-state index contributed by atoms with van der Waals surface area (Å²) in [6.45, 7) is 2.06. The number of ether oxygens (including phenoxy) is 1. The van der Waals surface area contributed by atoms with Crippen LogP contribution in [-0.2, 0) is 9.53 Å². The molecule has 0 aromatic heterocycles. The number of Topliss-reactive ketones (excluding diaryl/α,β-unsaturated/α-hetero) is 2. The summed E-state index contributed by atoms with van der Waals surface area (Å²) in [6.07, 6.45) is -0.0184. The molecule has 0 fully saturated rings. The molecule has 120 valence electrons. The van der Waals surface area contributed by atoms with E-state index in [1.807, 2.05) is 0 Å². The minimum atomic E-state index is -0.470. The lowest BCUT2D eigenvalue weighted by molar-refractivity contribution is -0.114. The first kappa shape index (κ1) is 15.8. The van der Waals surface area contributed by atoms with E-state index in [2.05, 4.69) is 4.99 Å². The Balaban J connectivity index is 1.94. The van der Waals surface area contributed by atoms with E-state index in [9.17, 15) is 14.4 Å². The van der Waals surface area contributed by atoms with Crippen molar-refractivity contribution in [1.82, 2.24) is 0 Å². The fourth-order valence-corrected chi connectivity index (χ4v) is 2.55. The van der Waals surface area contributed by atoms with Gasteiger partial charge in [-0.2, -0.15) is 0 Å². The van der Waals surface area contributed by atoms with Gasteiger partial charge in [0.1, 0.15) is 0 Å². The molecule has 0 bridgehead atoms. The summed E-state index contributed by atoms with van der Waals surface area (Å²) in [7, 11) is 0. The van der Waals surface area contributed by atoms with Crippen LogP contribution in [0.1, 0.15) is 39.6 Å². The highest BCUT2D eigenvalue weighted by Crippen LogP contribution is 2.23. The van der Waals surface area contributed by atoms with Crippen molar-refractivity contribution in [3.8, 4) is 0 Å². The van der Waals surface area contributed by atoms with Gasteiger partial charge >= 0.3 is 5.97 Å². The largest absolute Gasteiger partial charge is 0.462 e. The van der Waals surface area contributed by atoms with Crippen LogP contribution < -0.4 is 0 Å². The third kappa shape index (κ3) is 3.01. The minimum Gasteiger partial charge on any atom is -0.462 e. The number of hydrogen-bond acceptors (Lipinski definition) is 5. The zero-order valence-corrected chi connectivity index (χ0v) is 13.1. The fraction of sp³-hybridized carbons (Fsp3) is 0.158. The van der Waals surface area contributed by atoms with Crippen LogP contribution in [0.4, 0.5) is 5.69 Å². The summed E-state index contributed by atoms with van der Waals surface area (Å²) >= 11 is 0. The lowest BCUT2D eigenvalue weighted by Gasteiger charge is -2.15. The Bertz CT molecular complexity index is 850. The SMILES string of the molecule is CCOC(=O)c1ccc(N=C2CC(=O)C(=O)c3ccccc32)cc1. The standard InChI is InChI=1S/C19H15NO4/c1-2-24-19(23)12-7-9-13(10-8-12)20-16-11-17(21)18(22)15-6-4-3-5-14(15)16/h3-10H,2,11H2,1H3. The number of benzene rings is 2. The monoisotopic (exact) mass is 321 g/mol. The van der Waals surface area contributed by atoms with Crippen molar-refractivity contribution in [2.75, 3.05) is 6.61 Å². The molecule has 2 aromatic carbocycles. The topological polar surface area (TPSA) is 72.8 Å². The molecule has 5 heteroatoms. The van der Waals surface area contributed by atoms with E-state index in [0.717, 1.165) is 0 Å². The highest BCUT2D eigenvalue weighted by Gasteiger charge is 2.28. The molecule has 2 aromatic rings. The predicted octanol–water partition coefficient (Wildman–Crippen LogP) is 3.14. The van der Waals surface area contributed by atoms with E-state index in [-0.39, 0.29) is 12.4 Å². The molecule has 0 heterocycles. The molecule has 1 aliphatic rings. The van der Waals surface area contributed by atoms with Gasteiger partial charge in [-0.05, 0) is 31.2 Å². The van der Waals surface area contributed by atoms with Gasteiger partial charge < -0.3 is 4.74 Å². The highest BCUT2D eigenvalue weighted by atomic mass is 16.5. The maximum absolute atomic E-state index is 11.9. The first-order valence-electron chi connectivity index (χ1n) is 7.62. The van der Waals surface area contributed by atoms with Crippen LogP contribution in [0.5, 0.6) is 0 Å². The molecule has 1 aliphatic carbocycles. The van der Waals surface area contributed by atoms with Gasteiger partial charge in [0, 0.05) is 11.1 Å². The summed E-state index contributed by atoms with van der Waals surface area (Å²) in [6, 6.07) is 13.6. The number of nitrogens with zero attached hydrogens (tertiary/aromatic N) is 1. The number of hydrogen-bond donors (Lipinski definition) is 0. The van der Waals surface area contributed by atoms with Crippen LogP contribution in [0.3, 0.4) is 0 Å². The smallest absolute Gasteiger partial charge is 0.338 e. The predicted molar refractivity (Wildman–Crippen MR) is 89.0 cm³/mol. The van der Waals surface area contributed by atoms with E-state index in [0.29, 0.717) is 34.7 Å². The number of fused-ring (bicyclic) bond motifs is 1. The molecule has 0 saturated carbocycles. The van der Waals surface area contributed by atoms with Gasteiger partial charge in [-0.1, -0.05) is 24.3 Å². The molecule has 0 atom stereocenters. The third-order valence-electron chi connectivity index (χ3n) is 3.71. The number of carbonyl (C=O) groups excluding carboxylic acids is 3. The van der Waals surface area contributed by atoms with Gasteiger partial charge in [0.15, 0.2) is 0 Å². The minimum absolute atomic E-state index is 0.0184. The fourth-order valence-electron chi connectivity index (χ4n) is 2.55. The Hall–Kier alpha value is -3.08. The number of rotatable bonds is 3. The molecule has 0 amide bonds. The Morgan fingerprint density at radius 3 is 2.38 bits per heavy atom. The van der Waals surface area contributed by atoms with Crippen molar-refractivity contribution < 1.29 is 19.1 Å². The van der Waals surface area contributed by atoms with E-state index in [1.54, 1.807) is 55.5 Å². The van der Waals surface area contributed by atoms with E-state index < -0.39 is 11.6 Å². The van der Waals surface area contributed by atoms with Crippen molar-refractivity contribution in [2.45, 2.75) is 13.3 Å². The lowest BCUT2D eigenvalue weighted by atomic mass is 9.88. The Morgan fingerprint density at radius 2 is 1.71 bits per heavy atom. The van der Waals surface area contributed by atoms with E-state index in [1.165, 1.54) is 0 Å². The van der Waals surface area contributed by atoms with E-state index >= 15 is 0 Å². The first-order chi connectivity index (χ1) is 11.6. The van der Waals surface area contributed by atoms with Gasteiger partial charge in [0.25, 0.3) is 0 Å². The number of esters is 1. The Labute approximate surface area is 139 Å². The van der Waals surface area contributed by atoms with Crippen LogP contribution in [0, 0.1) is 0 Å². The van der Waals surface area contributed by atoms with Gasteiger partial charge in [-0.25, -0.2) is 4.79 Å². The molecule has 5 nitrogen and oxygen atoms in total. The second kappa shape index (κ2) is 6.58. The van der Waals surface area contributed by atoms with Gasteiger partial charge in [0.05, 0.1) is 30.0 Å². The lowest BCUT2D eigenvalue weighted by Crippen LogP contribution is -2.27. The van der Waals surface area contributed by atoms with Crippen LogP contribution >= 0.6 is 0 Å². The zero-order valence-electron chi connectivity index (χ0n) is 13.1. The van der Waals surface area contributed by atoms with Gasteiger partial charge in [-0.3, -0.25) is 14.6 Å². The van der Waals surface area contributed by atoms with Crippen molar-refractivity contribution in [3.63, 3.8) is 0 Å². The highest BCUT2D eigenvalue weighted by molar-refractivity contribution is 6.51. The van der Waals surface area contributed by atoms with Crippen molar-refractivity contribution in [3.05, 3.63) is 65.2 Å². The van der Waals surface area contributed by atoms with Crippen LogP contribution in [0.25, 0.3) is 0 Å². The summed E-state index contributed by atoms with van der Waals surface area (Å²) in [5, 5.41) is 0. The molecular weight excluding hydrogens is 306 g/mol. The maximum Gasteiger partial charge on any atom is 0.338 e. The Kier molecular flexibility index (Phi) is 4.33. The number of carbonyl (C=O) groups is 3. The average Bonchev–Trinajstić information content (AvgIpc) is 2.60. The van der Waals surface area contributed by atoms with Gasteiger partial charge in [-0.15, -0.1) is 0 Å². The Morgan fingerprint density at radius 1 is 1.04 bits per heavy atom. The summed E-state index contributed by atoms with van der Waals surface area (Å²) in [5.74, 6) is -1.32. The third-order valence-corrected chi connectivity index (χ3v) is 3.71. The van der Waals surface area contributed by atoms with Crippen LogP contribution in [0.2, 0.25) is 0 Å². The van der Waals surface area contributed by atoms with Gasteiger partial charge in [0.2, 0.25) is 11.6 Å². The normalized spacial score (nSPS) is 15.3. The average molecular weight is 321 g/mol. The summed E-state index contributed by atoms with van der Waals surface area (Å²) in [4.78, 5) is 40.0. The van der Waals surface area contributed by atoms with Crippen LogP contribution in [-0.4, -0.2) is 29.9 Å². The zero-order chi connectivity index (χ0) is 17.1. The molecule has 0 aliphatic heterocycles. The molecule has 0 unspecified atom stereocenters. The van der Waals surface area contributed by atoms with E-state index in [4.69, 9.17) is 4.74 Å². The first-order valence-corrected chi connectivity index (χ1v) is 7.62. The molecule has 0 saturated heterocycles. The summed E-state index contributed by atoms with van der Waals surface area (Å²) in [5.41, 5.74) is 2.66. The second-order valence-electron chi connectivity index (χ2n) is 5.30. The van der Waals surface area contributed by atoms with Crippen LogP contribution in [0.15, 0.2) is 53.5 Å². The number of aliphatic imine (C=N–C) groups is 1. The molecule has 0 spiro atoms. The van der Waals surface area contributed by atoms with Crippen molar-refractivity contribution in [1.29, 1.82) is 0 Å². The quantitative estimate of drug-likeness (QED) is 0.643. The number of ketones is 2. The molecule has 0 radical (unpaired) electrons. The summed E-state index contributed by atoms with van der Waals surface area (Å²) < 4.78 is 4.93. The maximum atomic E-state index is 11.9.